The maximum atomic E-state index is 12.6. The van der Waals surface area contributed by atoms with Crippen LogP contribution in [0.15, 0.2) is 53.1 Å². The number of carbonyl (C=O) groups excluding carboxylic acids is 1. The van der Waals surface area contributed by atoms with E-state index in [2.05, 4.69) is 0 Å². The largest absolute Gasteiger partial charge is 0.497 e. The van der Waals surface area contributed by atoms with Crippen LogP contribution in [0.1, 0.15) is 18.1 Å². The first-order chi connectivity index (χ1) is 12.6. The van der Waals surface area contributed by atoms with Crippen molar-refractivity contribution < 1.29 is 18.7 Å². The predicted molar refractivity (Wildman–Crippen MR) is 101 cm³/mol. The van der Waals surface area contributed by atoms with E-state index in [1.165, 1.54) is 0 Å². The summed E-state index contributed by atoms with van der Waals surface area (Å²) >= 11 is 0. The summed E-state index contributed by atoms with van der Waals surface area (Å²) in [7, 11) is 3.43. The number of furan rings is 1. The number of fused-ring (bicyclic) bond motifs is 1. The summed E-state index contributed by atoms with van der Waals surface area (Å²) in [4.78, 5) is 14.3. The molecule has 0 unspecified atom stereocenters. The zero-order valence-electron chi connectivity index (χ0n) is 15.3. The van der Waals surface area contributed by atoms with Gasteiger partial charge in [0.05, 0.1) is 26.4 Å². The minimum absolute atomic E-state index is 0.0393. The zero-order valence-corrected chi connectivity index (χ0v) is 15.3. The van der Waals surface area contributed by atoms with Crippen LogP contribution in [-0.4, -0.2) is 31.6 Å². The maximum absolute atomic E-state index is 12.6. The summed E-state index contributed by atoms with van der Waals surface area (Å²) in [6.07, 6.45) is 1.94. The molecule has 1 heterocycles. The van der Waals surface area contributed by atoms with Crippen LogP contribution in [0.4, 0.5) is 0 Å². The van der Waals surface area contributed by atoms with Crippen molar-refractivity contribution in [2.75, 3.05) is 20.8 Å². The van der Waals surface area contributed by atoms with Crippen molar-refractivity contribution in [1.29, 1.82) is 0 Å². The SMILES string of the molecule is CCOc1ccc(CN(C)C(=O)Cc2coc3cc(OC)ccc23)cc1. The molecule has 0 fully saturated rings. The number of rotatable bonds is 7. The summed E-state index contributed by atoms with van der Waals surface area (Å²) in [6.45, 7) is 3.15. The first-order valence-corrected chi connectivity index (χ1v) is 8.60. The second-order valence-corrected chi connectivity index (χ2v) is 6.13. The minimum Gasteiger partial charge on any atom is -0.497 e. The average Bonchev–Trinajstić information content (AvgIpc) is 3.05. The quantitative estimate of drug-likeness (QED) is 0.643. The van der Waals surface area contributed by atoms with Gasteiger partial charge in [-0.1, -0.05) is 12.1 Å². The Labute approximate surface area is 153 Å². The third kappa shape index (κ3) is 3.99. The third-order valence-electron chi connectivity index (χ3n) is 4.28. The van der Waals surface area contributed by atoms with E-state index in [9.17, 15) is 4.79 Å². The molecule has 0 spiro atoms. The standard InChI is InChI=1S/C21H23NO4/c1-4-25-17-7-5-15(6-8-17)13-22(2)21(23)11-16-14-26-20-12-18(24-3)9-10-19(16)20/h5-10,12,14H,4,11,13H2,1-3H3. The first kappa shape index (κ1) is 17.9. The van der Waals surface area contributed by atoms with Crippen LogP contribution in [-0.2, 0) is 17.8 Å². The number of likely N-dealkylation sites (N-methyl/N-ethyl adjacent to an activating group) is 1. The number of ether oxygens (including phenoxy) is 2. The van der Waals surface area contributed by atoms with Crippen LogP contribution in [0, 0.1) is 0 Å². The van der Waals surface area contributed by atoms with Crippen LogP contribution in [0.3, 0.4) is 0 Å². The molecular formula is C21H23NO4. The Morgan fingerprint density at radius 2 is 1.85 bits per heavy atom. The van der Waals surface area contributed by atoms with Gasteiger partial charge in [-0.25, -0.2) is 0 Å². The number of carbonyl (C=O) groups is 1. The Morgan fingerprint density at radius 3 is 2.54 bits per heavy atom. The van der Waals surface area contributed by atoms with E-state index in [0.717, 1.165) is 33.6 Å². The summed E-state index contributed by atoms with van der Waals surface area (Å²) < 4.78 is 16.2. The summed E-state index contributed by atoms with van der Waals surface area (Å²) in [5, 5.41) is 0.939. The van der Waals surface area contributed by atoms with Gasteiger partial charge in [-0.3, -0.25) is 4.79 Å². The van der Waals surface area contributed by atoms with Crippen LogP contribution >= 0.6 is 0 Å². The number of hydrogen-bond donors (Lipinski definition) is 0. The lowest BCUT2D eigenvalue weighted by molar-refractivity contribution is -0.129. The van der Waals surface area contributed by atoms with E-state index < -0.39 is 0 Å². The fourth-order valence-electron chi connectivity index (χ4n) is 2.85. The van der Waals surface area contributed by atoms with Crippen molar-refractivity contribution >= 4 is 16.9 Å². The van der Waals surface area contributed by atoms with Gasteiger partial charge >= 0.3 is 0 Å². The molecule has 5 heteroatoms. The number of methoxy groups -OCH3 is 1. The van der Waals surface area contributed by atoms with E-state index in [1.54, 1.807) is 18.3 Å². The Kier molecular flexibility index (Phi) is 5.46. The molecule has 136 valence electrons. The second-order valence-electron chi connectivity index (χ2n) is 6.13. The molecule has 3 aromatic rings. The molecule has 3 rings (SSSR count). The van der Waals surface area contributed by atoms with Gasteiger partial charge in [-0.15, -0.1) is 0 Å². The molecule has 0 bridgehead atoms. The highest BCUT2D eigenvalue weighted by atomic mass is 16.5. The summed E-state index contributed by atoms with van der Waals surface area (Å²) in [5.74, 6) is 1.61. The Hall–Kier alpha value is -2.95. The van der Waals surface area contributed by atoms with Crippen molar-refractivity contribution in [2.45, 2.75) is 19.9 Å². The fraction of sp³-hybridized carbons (Fsp3) is 0.286. The van der Waals surface area contributed by atoms with Gasteiger partial charge in [0.1, 0.15) is 17.1 Å². The van der Waals surface area contributed by atoms with Gasteiger partial charge in [0.15, 0.2) is 0 Å². The molecule has 0 saturated heterocycles. The van der Waals surface area contributed by atoms with Crippen molar-refractivity contribution in [3.05, 3.63) is 59.9 Å². The molecule has 26 heavy (non-hydrogen) atoms. The van der Waals surface area contributed by atoms with Gasteiger partial charge in [-0.2, -0.15) is 0 Å². The molecule has 0 radical (unpaired) electrons. The van der Waals surface area contributed by atoms with Crippen LogP contribution < -0.4 is 9.47 Å². The number of hydrogen-bond acceptors (Lipinski definition) is 4. The monoisotopic (exact) mass is 353 g/mol. The van der Waals surface area contributed by atoms with Crippen molar-refractivity contribution in [2.24, 2.45) is 0 Å². The molecule has 5 nitrogen and oxygen atoms in total. The molecule has 0 aliphatic carbocycles. The number of nitrogens with zero attached hydrogens (tertiary/aromatic N) is 1. The van der Waals surface area contributed by atoms with Crippen LogP contribution in [0.5, 0.6) is 11.5 Å². The van der Waals surface area contributed by atoms with E-state index >= 15 is 0 Å². The summed E-state index contributed by atoms with van der Waals surface area (Å²) in [6, 6.07) is 13.4. The first-order valence-electron chi connectivity index (χ1n) is 8.60. The molecule has 0 atom stereocenters. The highest BCUT2D eigenvalue weighted by Crippen LogP contribution is 2.26. The molecule has 1 amide bonds. The lowest BCUT2D eigenvalue weighted by Gasteiger charge is -2.17. The van der Waals surface area contributed by atoms with Crippen LogP contribution in [0.2, 0.25) is 0 Å². The summed E-state index contributed by atoms with van der Waals surface area (Å²) in [5.41, 5.74) is 2.67. The average molecular weight is 353 g/mol. The van der Waals surface area contributed by atoms with E-state index in [-0.39, 0.29) is 5.91 Å². The second kappa shape index (κ2) is 7.95. The topological polar surface area (TPSA) is 51.9 Å². The molecule has 1 aromatic heterocycles. The van der Waals surface area contributed by atoms with Crippen molar-refractivity contribution in [3.8, 4) is 11.5 Å². The third-order valence-corrected chi connectivity index (χ3v) is 4.28. The van der Waals surface area contributed by atoms with E-state index in [0.29, 0.717) is 19.6 Å². The van der Waals surface area contributed by atoms with Crippen molar-refractivity contribution in [1.82, 2.24) is 4.90 Å². The molecule has 0 saturated carbocycles. The number of amides is 1. The van der Waals surface area contributed by atoms with Gasteiger partial charge in [-0.05, 0) is 36.8 Å². The van der Waals surface area contributed by atoms with E-state index in [1.807, 2.05) is 56.4 Å². The Morgan fingerprint density at radius 1 is 1.12 bits per heavy atom. The normalized spacial score (nSPS) is 10.7. The zero-order chi connectivity index (χ0) is 18.5. The smallest absolute Gasteiger partial charge is 0.227 e. The Balaban J connectivity index is 1.65. The lowest BCUT2D eigenvalue weighted by Crippen LogP contribution is -2.27. The molecule has 0 aliphatic rings. The molecule has 2 aromatic carbocycles. The predicted octanol–water partition coefficient (Wildman–Crippen LogP) is 4.04. The van der Waals surface area contributed by atoms with Gasteiger partial charge < -0.3 is 18.8 Å². The van der Waals surface area contributed by atoms with Gasteiger partial charge in [0.2, 0.25) is 5.91 Å². The van der Waals surface area contributed by atoms with Crippen molar-refractivity contribution in [3.63, 3.8) is 0 Å². The van der Waals surface area contributed by atoms with E-state index in [4.69, 9.17) is 13.9 Å². The fourth-order valence-corrected chi connectivity index (χ4v) is 2.85. The van der Waals surface area contributed by atoms with Crippen LogP contribution in [0.25, 0.3) is 11.0 Å². The highest BCUT2D eigenvalue weighted by Gasteiger charge is 2.15. The maximum Gasteiger partial charge on any atom is 0.227 e. The molecule has 0 N–H and O–H groups in total. The highest BCUT2D eigenvalue weighted by molar-refractivity contribution is 5.88. The molecule has 0 aliphatic heterocycles. The lowest BCUT2D eigenvalue weighted by atomic mass is 10.1. The Bertz CT molecular complexity index is 883. The molecular weight excluding hydrogens is 330 g/mol. The minimum atomic E-state index is 0.0393. The van der Waals surface area contributed by atoms with Gasteiger partial charge in [0, 0.05) is 30.6 Å². The number of benzene rings is 2. The van der Waals surface area contributed by atoms with Gasteiger partial charge in [0.25, 0.3) is 0 Å².